The van der Waals surface area contributed by atoms with E-state index in [-0.39, 0.29) is 18.9 Å². The van der Waals surface area contributed by atoms with Gasteiger partial charge in [-0.05, 0) is 25.8 Å². The van der Waals surface area contributed by atoms with E-state index in [1.165, 1.54) is 35.5 Å². The van der Waals surface area contributed by atoms with Crippen molar-refractivity contribution in [3.63, 3.8) is 0 Å². The van der Waals surface area contributed by atoms with Gasteiger partial charge in [0.15, 0.2) is 10.8 Å². The molecule has 4 nitrogen and oxygen atoms in total. The Morgan fingerprint density at radius 3 is 2.65 bits per heavy atom. The first-order valence-corrected chi connectivity index (χ1v) is 9.44. The lowest BCUT2D eigenvalue weighted by Crippen LogP contribution is -2.58. The van der Waals surface area contributed by atoms with Crippen LogP contribution < -0.4 is 10.2 Å². The van der Waals surface area contributed by atoms with Crippen molar-refractivity contribution in [1.82, 2.24) is 10.3 Å². The van der Waals surface area contributed by atoms with E-state index < -0.39 is 11.6 Å². The fraction of sp³-hybridized carbons (Fsp3) is 0.750. The Kier molecular flexibility index (Phi) is 4.95. The molecule has 0 radical (unpaired) electrons. The van der Waals surface area contributed by atoms with E-state index in [1.807, 2.05) is 0 Å². The fourth-order valence-corrected chi connectivity index (χ4v) is 5.04. The Bertz CT molecular complexity index is 582. The highest BCUT2D eigenvalue weighted by atomic mass is 35.5. The number of nitrogens with one attached hydrogen (secondary N) is 1. The summed E-state index contributed by atoms with van der Waals surface area (Å²) in [6, 6.07) is 0.0787. The molecule has 1 N–H and O–H groups in total. The SMILES string of the molecule is CNC1CC(F)(C(=O)N(C)c2nc(Cl)c(C3CCCCC3)s2)C1. The van der Waals surface area contributed by atoms with E-state index in [0.717, 1.165) is 17.7 Å². The molecule has 1 aromatic rings. The smallest absolute Gasteiger partial charge is 0.266 e. The van der Waals surface area contributed by atoms with Crippen molar-refractivity contribution in [2.24, 2.45) is 0 Å². The third-order valence-corrected chi connectivity index (χ3v) is 6.79. The lowest BCUT2D eigenvalue weighted by Gasteiger charge is -2.41. The predicted octanol–water partition coefficient (Wildman–Crippen LogP) is 3.90. The topological polar surface area (TPSA) is 45.2 Å². The molecule has 2 saturated carbocycles. The van der Waals surface area contributed by atoms with Crippen molar-refractivity contribution in [3.05, 3.63) is 10.0 Å². The number of hydrogen-bond donors (Lipinski definition) is 1. The summed E-state index contributed by atoms with van der Waals surface area (Å²) in [6.07, 6.45) is 6.38. The monoisotopic (exact) mass is 359 g/mol. The molecule has 0 unspecified atom stereocenters. The van der Waals surface area contributed by atoms with Crippen LogP contribution >= 0.6 is 22.9 Å². The first kappa shape index (κ1) is 17.1. The largest absolute Gasteiger partial charge is 0.317 e. The number of amides is 1. The second-order valence-electron chi connectivity index (χ2n) is 6.71. The van der Waals surface area contributed by atoms with Gasteiger partial charge in [-0.2, -0.15) is 0 Å². The third kappa shape index (κ3) is 3.26. The molecule has 0 spiro atoms. The quantitative estimate of drug-likeness (QED) is 0.886. The molecule has 1 aromatic heterocycles. The van der Waals surface area contributed by atoms with E-state index in [2.05, 4.69) is 10.3 Å². The number of hydrogen-bond acceptors (Lipinski definition) is 4. The fourth-order valence-electron chi connectivity index (χ4n) is 3.55. The van der Waals surface area contributed by atoms with Gasteiger partial charge < -0.3 is 5.32 Å². The zero-order valence-electron chi connectivity index (χ0n) is 13.6. The van der Waals surface area contributed by atoms with E-state index >= 15 is 0 Å². The maximum atomic E-state index is 14.6. The highest BCUT2D eigenvalue weighted by Crippen LogP contribution is 2.43. The highest BCUT2D eigenvalue weighted by molar-refractivity contribution is 7.16. The average molecular weight is 360 g/mol. The van der Waals surface area contributed by atoms with Gasteiger partial charge in [-0.1, -0.05) is 42.2 Å². The maximum absolute atomic E-state index is 14.6. The van der Waals surface area contributed by atoms with Crippen LogP contribution in [0, 0.1) is 0 Å². The highest BCUT2D eigenvalue weighted by Gasteiger charge is 2.52. The van der Waals surface area contributed by atoms with Crippen molar-refractivity contribution in [1.29, 1.82) is 0 Å². The van der Waals surface area contributed by atoms with Crippen LogP contribution in [0.2, 0.25) is 5.15 Å². The molecule has 0 aliphatic heterocycles. The van der Waals surface area contributed by atoms with Crippen LogP contribution in [0.1, 0.15) is 55.7 Å². The lowest BCUT2D eigenvalue weighted by atomic mass is 9.76. The van der Waals surface area contributed by atoms with Crippen molar-refractivity contribution in [2.45, 2.75) is 62.6 Å². The number of aromatic nitrogens is 1. The van der Waals surface area contributed by atoms with Gasteiger partial charge in [-0.3, -0.25) is 9.69 Å². The molecular weight excluding hydrogens is 337 g/mol. The Morgan fingerprint density at radius 1 is 1.39 bits per heavy atom. The number of carbonyl (C=O) groups excluding carboxylic acids is 1. The molecule has 23 heavy (non-hydrogen) atoms. The average Bonchev–Trinajstić information content (AvgIpc) is 2.93. The lowest BCUT2D eigenvalue weighted by molar-refractivity contribution is -0.136. The van der Waals surface area contributed by atoms with Crippen LogP contribution in [0.3, 0.4) is 0 Å². The molecule has 0 atom stereocenters. The number of thiazole rings is 1. The number of halogens is 2. The van der Waals surface area contributed by atoms with Crippen LogP contribution in [0.5, 0.6) is 0 Å². The maximum Gasteiger partial charge on any atom is 0.266 e. The number of carbonyl (C=O) groups is 1. The van der Waals surface area contributed by atoms with Gasteiger partial charge >= 0.3 is 0 Å². The molecule has 7 heteroatoms. The van der Waals surface area contributed by atoms with Crippen molar-refractivity contribution >= 4 is 34.0 Å². The molecule has 3 rings (SSSR count). The van der Waals surface area contributed by atoms with Crippen LogP contribution in [-0.4, -0.2) is 36.7 Å². The Morgan fingerprint density at radius 2 is 2.04 bits per heavy atom. The first-order valence-electron chi connectivity index (χ1n) is 8.25. The van der Waals surface area contributed by atoms with Crippen LogP contribution in [0.4, 0.5) is 9.52 Å². The summed E-state index contributed by atoms with van der Waals surface area (Å²) in [5.41, 5.74) is -1.77. The van der Waals surface area contributed by atoms with Crippen LogP contribution in [0.25, 0.3) is 0 Å². The minimum atomic E-state index is -1.77. The summed E-state index contributed by atoms with van der Waals surface area (Å²) in [4.78, 5) is 19.2. The first-order chi connectivity index (χ1) is 10.9. The second-order valence-corrected chi connectivity index (χ2v) is 8.08. The molecule has 2 aliphatic rings. The third-order valence-electron chi connectivity index (χ3n) is 5.10. The van der Waals surface area contributed by atoms with Crippen LogP contribution in [-0.2, 0) is 4.79 Å². The number of alkyl halides is 1. The Hall–Kier alpha value is -0.720. The van der Waals surface area contributed by atoms with Gasteiger partial charge in [0.05, 0.1) is 0 Å². The van der Waals surface area contributed by atoms with Gasteiger partial charge in [0.2, 0.25) is 0 Å². The summed E-state index contributed by atoms with van der Waals surface area (Å²) < 4.78 is 14.6. The normalized spacial score (nSPS) is 28.4. The van der Waals surface area contributed by atoms with Gasteiger partial charge in [0, 0.05) is 30.8 Å². The van der Waals surface area contributed by atoms with Gasteiger partial charge in [0.25, 0.3) is 5.91 Å². The van der Waals surface area contributed by atoms with Crippen molar-refractivity contribution in [3.8, 4) is 0 Å². The van der Waals surface area contributed by atoms with Gasteiger partial charge in [-0.25, -0.2) is 9.37 Å². The molecule has 0 aromatic carbocycles. The molecule has 1 heterocycles. The standard InChI is InChI=1S/C16H23ClFN3OS/c1-19-11-8-16(18,9-11)14(22)21(2)15-20-13(17)12(23-15)10-6-4-3-5-7-10/h10-11,19H,3-9H2,1-2H3. The predicted molar refractivity (Wildman–Crippen MR) is 92.3 cm³/mol. The number of anilines is 1. The summed E-state index contributed by atoms with van der Waals surface area (Å²) in [6.45, 7) is 0. The second kappa shape index (κ2) is 6.65. The molecule has 2 aliphatic carbocycles. The van der Waals surface area contributed by atoms with E-state index in [4.69, 9.17) is 11.6 Å². The molecular formula is C16H23ClFN3OS. The molecule has 128 valence electrons. The van der Waals surface area contributed by atoms with E-state index in [9.17, 15) is 9.18 Å². The summed E-state index contributed by atoms with van der Waals surface area (Å²) in [5.74, 6) is -0.0766. The number of nitrogens with zero attached hydrogens (tertiary/aromatic N) is 2. The summed E-state index contributed by atoms with van der Waals surface area (Å²) >= 11 is 7.73. The zero-order valence-corrected chi connectivity index (χ0v) is 15.1. The van der Waals surface area contributed by atoms with Gasteiger partial charge in [-0.15, -0.1) is 0 Å². The van der Waals surface area contributed by atoms with E-state index in [1.54, 1.807) is 14.1 Å². The molecule has 0 bridgehead atoms. The molecule has 1 amide bonds. The van der Waals surface area contributed by atoms with Gasteiger partial charge in [0.1, 0.15) is 5.15 Å². The minimum absolute atomic E-state index is 0.0787. The Labute approximate surface area is 145 Å². The molecule has 2 fully saturated rings. The van der Waals surface area contributed by atoms with E-state index in [0.29, 0.717) is 16.2 Å². The zero-order chi connectivity index (χ0) is 16.6. The van der Waals surface area contributed by atoms with Crippen molar-refractivity contribution < 1.29 is 9.18 Å². The number of rotatable bonds is 4. The van der Waals surface area contributed by atoms with Crippen molar-refractivity contribution in [2.75, 3.05) is 19.0 Å². The minimum Gasteiger partial charge on any atom is -0.317 e. The summed E-state index contributed by atoms with van der Waals surface area (Å²) in [5, 5.41) is 3.98. The summed E-state index contributed by atoms with van der Waals surface area (Å²) in [7, 11) is 3.38. The Balaban J connectivity index is 1.72. The molecule has 0 saturated heterocycles. The van der Waals surface area contributed by atoms with Crippen LogP contribution in [0.15, 0.2) is 0 Å².